The van der Waals surface area contributed by atoms with Crippen LogP contribution in [0.5, 0.6) is 0 Å². The van der Waals surface area contributed by atoms with E-state index in [1.165, 1.54) is 0 Å². The standard InChI is InChI=1S/C16H22O/c1-3-5-6-7-8-9-11-15-13-12-14(10-4-2)16(15)17/h5-6,8-9,11-12H,3-4,7,10,13H2,1-2H3/b6-5-,9-8+,15-11+. The maximum atomic E-state index is 11.9. The van der Waals surface area contributed by atoms with Crippen molar-refractivity contribution in [2.45, 2.75) is 46.0 Å². The molecule has 1 rings (SSSR count). The summed E-state index contributed by atoms with van der Waals surface area (Å²) in [7, 11) is 0. The summed E-state index contributed by atoms with van der Waals surface area (Å²) in [5.41, 5.74) is 1.93. The van der Waals surface area contributed by atoms with E-state index in [2.05, 4.69) is 38.2 Å². The fourth-order valence-corrected chi connectivity index (χ4v) is 1.86. The van der Waals surface area contributed by atoms with Crippen molar-refractivity contribution in [2.24, 2.45) is 0 Å². The van der Waals surface area contributed by atoms with Gasteiger partial charge in [0.15, 0.2) is 5.78 Å². The Morgan fingerprint density at radius 3 is 2.76 bits per heavy atom. The summed E-state index contributed by atoms with van der Waals surface area (Å²) in [6.45, 7) is 4.23. The molecule has 0 N–H and O–H groups in total. The molecule has 1 aliphatic rings. The second kappa shape index (κ2) is 7.83. The highest BCUT2D eigenvalue weighted by Crippen LogP contribution is 2.23. The third kappa shape index (κ3) is 4.56. The number of rotatable bonds is 6. The van der Waals surface area contributed by atoms with Gasteiger partial charge in [0.25, 0.3) is 0 Å². The Morgan fingerprint density at radius 2 is 2.06 bits per heavy atom. The van der Waals surface area contributed by atoms with Crippen molar-refractivity contribution in [3.63, 3.8) is 0 Å². The van der Waals surface area contributed by atoms with E-state index in [1.807, 2.05) is 12.2 Å². The summed E-state index contributed by atoms with van der Waals surface area (Å²) < 4.78 is 0. The average molecular weight is 230 g/mol. The quantitative estimate of drug-likeness (QED) is 0.484. The third-order valence-electron chi connectivity index (χ3n) is 2.78. The van der Waals surface area contributed by atoms with E-state index in [0.29, 0.717) is 0 Å². The first-order chi connectivity index (χ1) is 8.29. The summed E-state index contributed by atoms with van der Waals surface area (Å²) in [4.78, 5) is 11.9. The Bertz CT molecular complexity index is 367. The van der Waals surface area contributed by atoms with Crippen LogP contribution in [0.25, 0.3) is 0 Å². The zero-order valence-corrected chi connectivity index (χ0v) is 10.9. The van der Waals surface area contributed by atoms with E-state index >= 15 is 0 Å². The van der Waals surface area contributed by atoms with E-state index in [0.717, 1.165) is 43.3 Å². The van der Waals surface area contributed by atoms with Crippen LogP contribution in [0.2, 0.25) is 0 Å². The van der Waals surface area contributed by atoms with Gasteiger partial charge in [-0.1, -0.05) is 56.7 Å². The van der Waals surface area contributed by atoms with Crippen molar-refractivity contribution in [1.82, 2.24) is 0 Å². The molecule has 0 saturated heterocycles. The van der Waals surface area contributed by atoms with Gasteiger partial charge in [-0.15, -0.1) is 0 Å². The van der Waals surface area contributed by atoms with E-state index in [-0.39, 0.29) is 5.78 Å². The van der Waals surface area contributed by atoms with Gasteiger partial charge in [-0.25, -0.2) is 0 Å². The lowest BCUT2D eigenvalue weighted by molar-refractivity contribution is -0.112. The summed E-state index contributed by atoms with van der Waals surface area (Å²) in [5, 5.41) is 0. The predicted octanol–water partition coefficient (Wildman–Crippen LogP) is 4.52. The molecule has 0 fully saturated rings. The third-order valence-corrected chi connectivity index (χ3v) is 2.78. The van der Waals surface area contributed by atoms with Crippen LogP contribution in [0, 0.1) is 0 Å². The van der Waals surface area contributed by atoms with Crippen LogP contribution in [0.3, 0.4) is 0 Å². The first kappa shape index (κ1) is 13.7. The molecule has 1 heteroatoms. The van der Waals surface area contributed by atoms with E-state index in [1.54, 1.807) is 0 Å². The van der Waals surface area contributed by atoms with Crippen molar-refractivity contribution >= 4 is 5.78 Å². The lowest BCUT2D eigenvalue weighted by Gasteiger charge is -1.97. The Morgan fingerprint density at radius 1 is 1.24 bits per heavy atom. The molecule has 1 nitrogen and oxygen atoms in total. The largest absolute Gasteiger partial charge is 0.289 e. The summed E-state index contributed by atoms with van der Waals surface area (Å²) in [6.07, 6.45) is 17.2. The van der Waals surface area contributed by atoms with Crippen LogP contribution in [0.4, 0.5) is 0 Å². The number of Topliss-reactive ketones (excluding diaryl/α,β-unsaturated/α-hetero) is 1. The molecule has 0 saturated carbocycles. The minimum Gasteiger partial charge on any atom is -0.289 e. The number of allylic oxidation sites excluding steroid dienone is 8. The molecular weight excluding hydrogens is 208 g/mol. The minimum atomic E-state index is 0.251. The van der Waals surface area contributed by atoms with E-state index in [9.17, 15) is 4.79 Å². The fraction of sp³-hybridized carbons (Fsp3) is 0.438. The Balaban J connectivity index is 2.43. The number of carbonyl (C=O) groups excluding carboxylic acids is 1. The van der Waals surface area contributed by atoms with Gasteiger partial charge in [-0.05, 0) is 31.3 Å². The number of ketones is 1. The zero-order chi connectivity index (χ0) is 12.5. The molecule has 0 atom stereocenters. The van der Waals surface area contributed by atoms with Gasteiger partial charge < -0.3 is 0 Å². The molecule has 0 heterocycles. The number of hydrogen-bond acceptors (Lipinski definition) is 1. The van der Waals surface area contributed by atoms with Crippen molar-refractivity contribution in [1.29, 1.82) is 0 Å². The molecule has 0 aromatic rings. The van der Waals surface area contributed by atoms with Crippen LogP contribution < -0.4 is 0 Å². The second-order valence-corrected chi connectivity index (χ2v) is 4.25. The molecule has 0 bridgehead atoms. The fourth-order valence-electron chi connectivity index (χ4n) is 1.86. The Kier molecular flexibility index (Phi) is 6.31. The highest BCUT2D eigenvalue weighted by molar-refractivity contribution is 6.10. The van der Waals surface area contributed by atoms with Crippen LogP contribution in [0.15, 0.2) is 47.6 Å². The molecule has 17 heavy (non-hydrogen) atoms. The molecule has 0 aromatic heterocycles. The second-order valence-electron chi connectivity index (χ2n) is 4.25. The van der Waals surface area contributed by atoms with Gasteiger partial charge >= 0.3 is 0 Å². The van der Waals surface area contributed by atoms with Crippen LogP contribution >= 0.6 is 0 Å². The van der Waals surface area contributed by atoms with Gasteiger partial charge in [-0.3, -0.25) is 4.79 Å². The van der Waals surface area contributed by atoms with Gasteiger partial charge in [0.2, 0.25) is 0 Å². The van der Waals surface area contributed by atoms with Gasteiger partial charge in [0.05, 0.1) is 0 Å². The number of carbonyl (C=O) groups is 1. The zero-order valence-electron chi connectivity index (χ0n) is 10.9. The lowest BCUT2D eigenvalue weighted by Crippen LogP contribution is -1.98. The maximum absolute atomic E-state index is 11.9. The molecule has 0 unspecified atom stereocenters. The maximum Gasteiger partial charge on any atom is 0.184 e. The van der Waals surface area contributed by atoms with Crippen molar-refractivity contribution in [3.05, 3.63) is 47.6 Å². The first-order valence-electron chi connectivity index (χ1n) is 6.54. The monoisotopic (exact) mass is 230 g/mol. The molecule has 0 radical (unpaired) electrons. The Hall–Kier alpha value is -1.37. The van der Waals surface area contributed by atoms with E-state index < -0.39 is 0 Å². The number of hydrogen-bond donors (Lipinski definition) is 0. The van der Waals surface area contributed by atoms with Gasteiger partial charge in [-0.2, -0.15) is 0 Å². The van der Waals surface area contributed by atoms with Crippen LogP contribution in [0.1, 0.15) is 46.0 Å². The van der Waals surface area contributed by atoms with Gasteiger partial charge in [0.1, 0.15) is 0 Å². The lowest BCUT2D eigenvalue weighted by atomic mass is 10.1. The molecular formula is C16H22O. The van der Waals surface area contributed by atoms with Crippen molar-refractivity contribution in [3.8, 4) is 0 Å². The predicted molar refractivity (Wildman–Crippen MR) is 73.9 cm³/mol. The molecule has 0 aliphatic heterocycles. The van der Waals surface area contributed by atoms with Crippen LogP contribution in [-0.4, -0.2) is 5.78 Å². The highest BCUT2D eigenvalue weighted by Gasteiger charge is 2.18. The smallest absolute Gasteiger partial charge is 0.184 e. The molecule has 0 amide bonds. The first-order valence-corrected chi connectivity index (χ1v) is 6.54. The van der Waals surface area contributed by atoms with Crippen molar-refractivity contribution in [2.75, 3.05) is 0 Å². The Labute approximate surface area is 105 Å². The topological polar surface area (TPSA) is 17.1 Å². The average Bonchev–Trinajstić information content (AvgIpc) is 2.67. The van der Waals surface area contributed by atoms with Crippen molar-refractivity contribution < 1.29 is 4.79 Å². The normalized spacial score (nSPS) is 18.8. The molecule has 1 aliphatic carbocycles. The summed E-state index contributed by atoms with van der Waals surface area (Å²) in [5.74, 6) is 0.251. The minimum absolute atomic E-state index is 0.251. The van der Waals surface area contributed by atoms with Gasteiger partial charge in [0, 0.05) is 5.57 Å². The summed E-state index contributed by atoms with van der Waals surface area (Å²) >= 11 is 0. The molecule has 0 spiro atoms. The molecule has 92 valence electrons. The van der Waals surface area contributed by atoms with E-state index in [4.69, 9.17) is 0 Å². The molecule has 0 aromatic carbocycles. The SMILES string of the molecule is CC/C=C\C/C=C/C=C1\CC=C(CCC)C1=O. The van der Waals surface area contributed by atoms with Crippen LogP contribution in [-0.2, 0) is 4.79 Å². The highest BCUT2D eigenvalue weighted by atomic mass is 16.1. The summed E-state index contributed by atoms with van der Waals surface area (Å²) in [6, 6.07) is 0.